The van der Waals surface area contributed by atoms with Crippen molar-refractivity contribution in [3.63, 3.8) is 0 Å². The molecule has 1 aliphatic rings. The fraction of sp³-hybridized carbons (Fsp3) is 0.364. The predicted molar refractivity (Wildman–Crippen MR) is 106 cm³/mol. The van der Waals surface area contributed by atoms with Crippen molar-refractivity contribution in [3.05, 3.63) is 60.2 Å². The summed E-state index contributed by atoms with van der Waals surface area (Å²) in [5.41, 5.74) is 1.95. The number of carbonyl (C=O) groups excluding carboxylic acids is 2. The number of ether oxygens (including phenoxy) is 1. The van der Waals surface area contributed by atoms with E-state index in [0.29, 0.717) is 23.1 Å². The normalized spacial score (nSPS) is 19.4. The van der Waals surface area contributed by atoms with Gasteiger partial charge in [0.2, 0.25) is 0 Å². The van der Waals surface area contributed by atoms with Gasteiger partial charge in [0.1, 0.15) is 0 Å². The highest BCUT2D eigenvalue weighted by Gasteiger charge is 2.26. The van der Waals surface area contributed by atoms with Crippen molar-refractivity contribution >= 4 is 23.3 Å². The number of benzene rings is 2. The van der Waals surface area contributed by atoms with E-state index < -0.39 is 5.97 Å². The number of nitrogens with zero attached hydrogens (tertiary/aromatic N) is 1. The van der Waals surface area contributed by atoms with E-state index in [1.807, 2.05) is 42.5 Å². The molecule has 0 saturated carbocycles. The first-order valence-electron chi connectivity index (χ1n) is 9.39. The maximum absolute atomic E-state index is 12.5. The maximum atomic E-state index is 12.5. The molecule has 2 aromatic rings. The number of rotatable bonds is 5. The number of anilines is 2. The summed E-state index contributed by atoms with van der Waals surface area (Å²) >= 11 is 0. The molecular weight excluding hydrogens is 340 g/mol. The highest BCUT2D eigenvalue weighted by molar-refractivity contribution is 5.97. The van der Waals surface area contributed by atoms with Gasteiger partial charge in [-0.2, -0.15) is 0 Å². The summed E-state index contributed by atoms with van der Waals surface area (Å²) in [5.74, 6) is 0.323. The Balaban J connectivity index is 1.62. The van der Waals surface area contributed by atoms with Crippen LogP contribution in [0, 0.1) is 11.8 Å². The van der Waals surface area contributed by atoms with Crippen LogP contribution in [0.4, 0.5) is 11.4 Å². The lowest BCUT2D eigenvalue weighted by Crippen LogP contribution is -2.44. The number of piperidine rings is 1. The predicted octanol–water partition coefficient (Wildman–Crippen LogP) is 4.09. The number of likely N-dealkylation sites (tertiary alicyclic amines) is 1. The topological polar surface area (TPSA) is 58.6 Å². The molecule has 0 spiro atoms. The van der Waals surface area contributed by atoms with Crippen LogP contribution < -0.4 is 5.32 Å². The summed E-state index contributed by atoms with van der Waals surface area (Å²) in [6.45, 7) is 5.53. The van der Waals surface area contributed by atoms with Crippen LogP contribution >= 0.6 is 0 Å². The van der Waals surface area contributed by atoms with Gasteiger partial charge in [-0.05, 0) is 42.5 Å². The van der Waals surface area contributed by atoms with Crippen molar-refractivity contribution < 1.29 is 14.3 Å². The number of para-hydroxylation sites is 2. The molecule has 1 saturated heterocycles. The Labute approximate surface area is 160 Å². The van der Waals surface area contributed by atoms with Crippen LogP contribution in [0.15, 0.2) is 54.6 Å². The molecule has 5 nitrogen and oxygen atoms in total. The van der Waals surface area contributed by atoms with Crippen LogP contribution in [0.2, 0.25) is 0 Å². The average molecular weight is 366 g/mol. The van der Waals surface area contributed by atoms with Crippen LogP contribution in [0.5, 0.6) is 0 Å². The van der Waals surface area contributed by atoms with Gasteiger partial charge in [-0.15, -0.1) is 0 Å². The molecule has 0 radical (unpaired) electrons. The van der Waals surface area contributed by atoms with E-state index in [0.717, 1.165) is 25.2 Å². The third-order valence-electron chi connectivity index (χ3n) is 4.75. The molecule has 0 aliphatic carbocycles. The van der Waals surface area contributed by atoms with Crippen LogP contribution in [0.3, 0.4) is 0 Å². The van der Waals surface area contributed by atoms with Gasteiger partial charge in [-0.25, -0.2) is 4.79 Å². The first-order chi connectivity index (χ1) is 13.0. The Morgan fingerprint density at radius 2 is 1.63 bits per heavy atom. The third-order valence-corrected chi connectivity index (χ3v) is 4.75. The van der Waals surface area contributed by atoms with Crippen molar-refractivity contribution in [1.82, 2.24) is 4.90 Å². The number of carbonyl (C=O) groups is 2. The highest BCUT2D eigenvalue weighted by atomic mass is 16.5. The van der Waals surface area contributed by atoms with Crippen LogP contribution in [-0.4, -0.2) is 36.5 Å². The van der Waals surface area contributed by atoms with E-state index in [2.05, 4.69) is 19.2 Å². The second-order valence-electron chi connectivity index (χ2n) is 7.36. The van der Waals surface area contributed by atoms with Gasteiger partial charge < -0.3 is 15.0 Å². The third kappa shape index (κ3) is 5.09. The van der Waals surface area contributed by atoms with E-state index in [1.54, 1.807) is 17.0 Å². The Hall–Kier alpha value is -2.82. The monoisotopic (exact) mass is 366 g/mol. The standard InChI is InChI=1S/C22H26N2O3/c1-16-12-17(2)14-24(13-16)21(25)15-27-22(26)19-10-6-7-11-20(19)23-18-8-4-3-5-9-18/h3-11,16-17,23H,12-15H2,1-2H3/t16-,17-/m1/s1. The number of hydrogen-bond acceptors (Lipinski definition) is 4. The van der Waals surface area contributed by atoms with Gasteiger partial charge in [0, 0.05) is 18.8 Å². The number of nitrogens with one attached hydrogen (secondary N) is 1. The van der Waals surface area contributed by atoms with Gasteiger partial charge in [0.05, 0.1) is 11.3 Å². The van der Waals surface area contributed by atoms with E-state index in [1.165, 1.54) is 0 Å². The van der Waals surface area contributed by atoms with Crippen LogP contribution in [0.1, 0.15) is 30.6 Å². The number of hydrogen-bond donors (Lipinski definition) is 1. The van der Waals surface area contributed by atoms with E-state index in [4.69, 9.17) is 4.74 Å². The summed E-state index contributed by atoms with van der Waals surface area (Å²) < 4.78 is 5.32. The van der Waals surface area contributed by atoms with Gasteiger partial charge in [-0.3, -0.25) is 4.79 Å². The Morgan fingerprint density at radius 1 is 1.00 bits per heavy atom. The van der Waals surface area contributed by atoms with Crippen LogP contribution in [0.25, 0.3) is 0 Å². The quantitative estimate of drug-likeness (QED) is 0.810. The molecule has 5 heteroatoms. The van der Waals surface area contributed by atoms with Crippen molar-refractivity contribution in [2.75, 3.05) is 25.0 Å². The minimum absolute atomic E-state index is 0.129. The fourth-order valence-electron chi connectivity index (χ4n) is 3.61. The lowest BCUT2D eigenvalue weighted by molar-refractivity contribution is -0.137. The zero-order valence-electron chi connectivity index (χ0n) is 15.9. The molecule has 1 N–H and O–H groups in total. The van der Waals surface area contributed by atoms with Crippen molar-refractivity contribution in [1.29, 1.82) is 0 Å². The molecule has 1 amide bonds. The molecule has 2 aromatic carbocycles. The number of esters is 1. The molecular formula is C22H26N2O3. The first-order valence-corrected chi connectivity index (χ1v) is 9.39. The first kappa shape index (κ1) is 19.0. The second kappa shape index (κ2) is 8.71. The van der Waals surface area contributed by atoms with Gasteiger partial charge in [-0.1, -0.05) is 44.2 Å². The Bertz CT molecular complexity index is 781. The van der Waals surface area contributed by atoms with Gasteiger partial charge in [0.15, 0.2) is 6.61 Å². The minimum Gasteiger partial charge on any atom is -0.452 e. The summed E-state index contributed by atoms with van der Waals surface area (Å²) in [4.78, 5) is 26.8. The molecule has 142 valence electrons. The van der Waals surface area contributed by atoms with Gasteiger partial charge in [0.25, 0.3) is 5.91 Å². The summed E-state index contributed by atoms with van der Waals surface area (Å²) in [6, 6.07) is 16.8. The maximum Gasteiger partial charge on any atom is 0.340 e. The van der Waals surface area contributed by atoms with Crippen molar-refractivity contribution in [2.24, 2.45) is 11.8 Å². The summed E-state index contributed by atoms with van der Waals surface area (Å²) in [5, 5.41) is 3.22. The van der Waals surface area contributed by atoms with E-state index in [9.17, 15) is 9.59 Å². The summed E-state index contributed by atoms with van der Waals surface area (Å²) in [7, 11) is 0. The average Bonchev–Trinajstić information content (AvgIpc) is 2.66. The van der Waals surface area contributed by atoms with Gasteiger partial charge >= 0.3 is 5.97 Å². The Morgan fingerprint density at radius 3 is 2.33 bits per heavy atom. The fourth-order valence-corrected chi connectivity index (χ4v) is 3.61. The molecule has 0 unspecified atom stereocenters. The molecule has 3 rings (SSSR count). The smallest absolute Gasteiger partial charge is 0.340 e. The zero-order valence-corrected chi connectivity index (χ0v) is 15.9. The van der Waals surface area contributed by atoms with Crippen LogP contribution in [-0.2, 0) is 9.53 Å². The summed E-state index contributed by atoms with van der Waals surface area (Å²) in [6.07, 6.45) is 1.13. The second-order valence-corrected chi connectivity index (χ2v) is 7.36. The zero-order chi connectivity index (χ0) is 19.2. The number of amides is 1. The Kier molecular flexibility index (Phi) is 6.12. The largest absolute Gasteiger partial charge is 0.452 e. The lowest BCUT2D eigenvalue weighted by Gasteiger charge is -2.34. The molecule has 0 bridgehead atoms. The SMILES string of the molecule is C[C@@H]1C[C@@H](C)CN(C(=O)COC(=O)c2ccccc2Nc2ccccc2)C1. The molecule has 27 heavy (non-hydrogen) atoms. The molecule has 0 aromatic heterocycles. The lowest BCUT2D eigenvalue weighted by atomic mass is 9.92. The minimum atomic E-state index is -0.500. The van der Waals surface area contributed by atoms with E-state index >= 15 is 0 Å². The molecule has 2 atom stereocenters. The van der Waals surface area contributed by atoms with Crippen molar-refractivity contribution in [2.45, 2.75) is 20.3 Å². The molecule has 1 aliphatic heterocycles. The van der Waals surface area contributed by atoms with E-state index in [-0.39, 0.29) is 12.5 Å². The molecule has 1 heterocycles. The highest BCUT2D eigenvalue weighted by Crippen LogP contribution is 2.23. The molecule has 1 fully saturated rings. The van der Waals surface area contributed by atoms with Crippen molar-refractivity contribution in [3.8, 4) is 0 Å².